The fraction of sp³-hybridized carbons (Fsp3) is 0.677. The lowest BCUT2D eigenvalue weighted by Crippen LogP contribution is -2.73. The van der Waals surface area contributed by atoms with Crippen molar-refractivity contribution in [2.45, 2.75) is 74.8 Å². The molecule has 1 aromatic carbocycles. The molecule has 2 N–H and O–H groups in total. The molecule has 0 aromatic heterocycles. The lowest BCUT2D eigenvalue weighted by Gasteiger charge is -2.56. The number of nitrogens with one attached hydrogen (secondary N) is 2. The number of carbonyl (C=O) groups is 1. The number of rotatable bonds is 6. The Morgan fingerprint density at radius 2 is 2.12 bits per heavy atom. The van der Waals surface area contributed by atoms with Gasteiger partial charge < -0.3 is 24.2 Å². The third-order valence-corrected chi connectivity index (χ3v) is 10.5. The summed E-state index contributed by atoms with van der Waals surface area (Å²) in [6.07, 6.45) is 6.48. The first-order valence-electron chi connectivity index (χ1n) is 15.4. The fourth-order valence-corrected chi connectivity index (χ4v) is 8.17. The fourth-order valence-electron chi connectivity index (χ4n) is 7.96. The van der Waals surface area contributed by atoms with E-state index in [0.29, 0.717) is 43.1 Å². The molecule has 7 atom stereocenters. The molecule has 3 saturated heterocycles. The van der Waals surface area contributed by atoms with Gasteiger partial charge in [0.15, 0.2) is 12.1 Å². The number of ether oxygens (including phenoxy) is 2. The van der Waals surface area contributed by atoms with Crippen molar-refractivity contribution in [2.24, 2.45) is 5.92 Å². The van der Waals surface area contributed by atoms with Crippen LogP contribution in [0.4, 0.5) is 5.69 Å². The summed E-state index contributed by atoms with van der Waals surface area (Å²) in [4.78, 5) is 21.5. The van der Waals surface area contributed by atoms with Crippen molar-refractivity contribution in [3.63, 3.8) is 0 Å². The van der Waals surface area contributed by atoms with Gasteiger partial charge in [-0.05, 0) is 57.5 Å². The zero-order valence-corrected chi connectivity index (χ0v) is 25.6. The van der Waals surface area contributed by atoms with Crippen molar-refractivity contribution in [2.75, 3.05) is 58.3 Å². The molecule has 1 amide bonds. The van der Waals surface area contributed by atoms with E-state index in [9.17, 15) is 10.1 Å². The minimum atomic E-state index is -0.350. The lowest BCUT2D eigenvalue weighted by atomic mass is 9.72. The van der Waals surface area contributed by atoms with Gasteiger partial charge in [-0.1, -0.05) is 24.2 Å². The number of likely N-dealkylation sites (N-methyl/N-ethyl adjacent to an activating group) is 2. The van der Waals surface area contributed by atoms with Gasteiger partial charge in [0.05, 0.1) is 48.6 Å². The minimum absolute atomic E-state index is 0.0549. The van der Waals surface area contributed by atoms with Gasteiger partial charge in [0.2, 0.25) is 5.91 Å². The summed E-state index contributed by atoms with van der Waals surface area (Å²) in [5.41, 5.74) is 0.682. The Labute approximate surface area is 254 Å². The van der Waals surface area contributed by atoms with Crippen LogP contribution in [0, 0.1) is 17.2 Å². The summed E-state index contributed by atoms with van der Waals surface area (Å²) in [6, 6.07) is 8.65. The first-order chi connectivity index (χ1) is 20.3. The topological polar surface area (TPSA) is 96.3 Å². The van der Waals surface area contributed by atoms with Crippen LogP contribution in [0.1, 0.15) is 38.5 Å². The molecule has 11 heteroatoms. The average molecular weight is 598 g/mol. The van der Waals surface area contributed by atoms with E-state index >= 15 is 0 Å². The molecule has 5 aliphatic rings. The van der Waals surface area contributed by atoms with Gasteiger partial charge >= 0.3 is 0 Å². The van der Waals surface area contributed by atoms with Gasteiger partial charge in [-0.15, -0.1) is 0 Å². The predicted octanol–water partition coefficient (Wildman–Crippen LogP) is 2.60. The van der Waals surface area contributed by atoms with Crippen LogP contribution in [0.5, 0.6) is 5.75 Å². The second-order valence-corrected chi connectivity index (χ2v) is 13.2. The molecule has 1 spiro atoms. The van der Waals surface area contributed by atoms with E-state index < -0.39 is 0 Å². The van der Waals surface area contributed by atoms with E-state index in [1.54, 1.807) is 4.90 Å². The normalized spacial score (nSPS) is 35.3. The largest absolute Gasteiger partial charge is 0.482 e. The van der Waals surface area contributed by atoms with Gasteiger partial charge in [-0.3, -0.25) is 20.3 Å². The molecule has 6 rings (SSSR count). The maximum absolute atomic E-state index is 12.6. The molecule has 10 nitrogen and oxygen atoms in total. The van der Waals surface area contributed by atoms with Crippen LogP contribution in [0.25, 0.3) is 0 Å². The molecule has 4 fully saturated rings. The quantitative estimate of drug-likeness (QED) is 0.480. The number of halogens is 1. The van der Waals surface area contributed by atoms with Crippen LogP contribution in [0.3, 0.4) is 0 Å². The third-order valence-electron chi connectivity index (χ3n) is 10.2. The highest BCUT2D eigenvalue weighted by atomic mass is 35.5. The van der Waals surface area contributed by atoms with E-state index in [2.05, 4.69) is 58.1 Å². The summed E-state index contributed by atoms with van der Waals surface area (Å²) < 4.78 is 13.3. The number of hydrogen-bond acceptors (Lipinski definition) is 9. The van der Waals surface area contributed by atoms with Crippen molar-refractivity contribution in [3.05, 3.63) is 35.9 Å². The molecule has 228 valence electrons. The number of nitriles is 1. The highest BCUT2D eigenvalue weighted by molar-refractivity contribution is 6.32. The molecular weight excluding hydrogens is 554 g/mol. The number of para-hydroxylation sites is 1. The Bertz CT molecular complexity index is 1210. The van der Waals surface area contributed by atoms with Crippen LogP contribution < -0.4 is 20.3 Å². The maximum atomic E-state index is 12.6. The third kappa shape index (κ3) is 5.75. The molecule has 6 unspecified atom stereocenters. The van der Waals surface area contributed by atoms with Crippen LogP contribution >= 0.6 is 11.6 Å². The monoisotopic (exact) mass is 597 g/mol. The van der Waals surface area contributed by atoms with E-state index in [0.717, 1.165) is 56.8 Å². The second-order valence-electron chi connectivity index (χ2n) is 12.8. The SMILES string of the molecule is C=CC(=O)N1CCN(C2NC(OCC3CCCN3C)NC3C[C@]4(CCC32)CN(C)c2cccc(Cl)c2O4)CC1CC#N. The van der Waals surface area contributed by atoms with Crippen molar-refractivity contribution in [3.8, 4) is 11.8 Å². The number of amides is 1. The van der Waals surface area contributed by atoms with Crippen molar-refractivity contribution < 1.29 is 14.3 Å². The van der Waals surface area contributed by atoms with Gasteiger partial charge in [0.1, 0.15) is 5.60 Å². The molecule has 4 heterocycles. The predicted molar refractivity (Wildman–Crippen MR) is 162 cm³/mol. The lowest BCUT2D eigenvalue weighted by molar-refractivity contribution is -0.139. The minimum Gasteiger partial charge on any atom is -0.482 e. The van der Waals surface area contributed by atoms with Gasteiger partial charge in [0.25, 0.3) is 0 Å². The van der Waals surface area contributed by atoms with E-state index in [4.69, 9.17) is 21.1 Å². The first kappa shape index (κ1) is 29.7. The highest BCUT2D eigenvalue weighted by Crippen LogP contribution is 2.48. The maximum Gasteiger partial charge on any atom is 0.246 e. The van der Waals surface area contributed by atoms with Crippen LogP contribution in [0.15, 0.2) is 30.9 Å². The summed E-state index contributed by atoms with van der Waals surface area (Å²) in [5.74, 6) is 0.983. The second kappa shape index (κ2) is 12.3. The van der Waals surface area contributed by atoms with Gasteiger partial charge in [-0.2, -0.15) is 5.26 Å². The number of anilines is 1. The first-order valence-corrected chi connectivity index (χ1v) is 15.8. The van der Waals surface area contributed by atoms with Crippen LogP contribution in [0.2, 0.25) is 5.02 Å². The number of likely N-dealkylation sites (tertiary alicyclic amines) is 1. The standard InChI is InChI=1S/C31H44ClN7O3/c1-4-27(40)39-16-15-38(18-21(39)11-13-33)29-23-10-12-31(20-37(3)26-9-5-8-24(32)28(26)42-31)17-25(23)34-30(35-29)41-19-22-7-6-14-36(22)2/h4-5,8-9,21-23,25,29-30,34-35H,1,6-7,10-12,14-20H2,2-3H3/t21?,22?,23?,25?,29?,30?,31-/m1/s1. The number of fused-ring (bicyclic) bond motifs is 2. The zero-order valence-electron chi connectivity index (χ0n) is 24.8. The Morgan fingerprint density at radius 3 is 2.88 bits per heavy atom. The summed E-state index contributed by atoms with van der Waals surface area (Å²) in [6.45, 7) is 8.19. The van der Waals surface area contributed by atoms with E-state index in [1.807, 2.05) is 12.1 Å². The molecule has 1 aromatic rings. The van der Waals surface area contributed by atoms with Crippen LogP contribution in [-0.2, 0) is 9.53 Å². The Morgan fingerprint density at radius 1 is 1.26 bits per heavy atom. The zero-order chi connectivity index (χ0) is 29.4. The van der Waals surface area contributed by atoms with E-state index in [1.165, 1.54) is 12.5 Å². The van der Waals surface area contributed by atoms with Gasteiger partial charge in [0, 0.05) is 51.1 Å². The molecule has 1 saturated carbocycles. The number of hydrogen-bond donors (Lipinski definition) is 2. The van der Waals surface area contributed by atoms with Crippen molar-refractivity contribution in [1.82, 2.24) is 25.3 Å². The number of carbonyl (C=O) groups excluding carboxylic acids is 1. The number of piperazine rings is 1. The highest BCUT2D eigenvalue weighted by Gasteiger charge is 2.52. The molecule has 4 aliphatic heterocycles. The number of benzene rings is 1. The smallest absolute Gasteiger partial charge is 0.246 e. The summed E-state index contributed by atoms with van der Waals surface area (Å²) in [5, 5.41) is 17.8. The average Bonchev–Trinajstić information content (AvgIpc) is 3.40. The molecule has 0 bridgehead atoms. The molecule has 1 aliphatic carbocycles. The van der Waals surface area contributed by atoms with Crippen molar-refractivity contribution in [1.29, 1.82) is 5.26 Å². The summed E-state index contributed by atoms with van der Waals surface area (Å²) in [7, 11) is 4.29. The Hall–Kier alpha value is -2.39. The van der Waals surface area contributed by atoms with Crippen LogP contribution in [-0.4, -0.2) is 110 Å². The van der Waals surface area contributed by atoms with Gasteiger partial charge in [-0.25, -0.2) is 0 Å². The molecule has 0 radical (unpaired) electrons. The van der Waals surface area contributed by atoms with E-state index in [-0.39, 0.29) is 36.1 Å². The Balaban J connectivity index is 1.23. The molecular formula is C31H44ClN7O3. The summed E-state index contributed by atoms with van der Waals surface area (Å²) >= 11 is 6.63. The molecule has 42 heavy (non-hydrogen) atoms. The van der Waals surface area contributed by atoms with Crippen molar-refractivity contribution >= 4 is 23.2 Å². The number of nitrogens with zero attached hydrogens (tertiary/aromatic N) is 5. The Kier molecular flexibility index (Phi) is 8.70.